The van der Waals surface area contributed by atoms with Gasteiger partial charge in [0.25, 0.3) is 0 Å². The number of carbonyl (C=O) groups is 2. The molecule has 0 saturated heterocycles. The molecule has 0 aromatic heterocycles. The molecule has 0 spiro atoms. The number of nitrogens with two attached hydrogens (primary N) is 1. The fourth-order valence-corrected chi connectivity index (χ4v) is 1.68. The summed E-state index contributed by atoms with van der Waals surface area (Å²) >= 11 is 0. The van der Waals surface area contributed by atoms with Gasteiger partial charge in [0.1, 0.15) is 0 Å². The lowest BCUT2D eigenvalue weighted by Crippen LogP contribution is -2.34. The highest BCUT2D eigenvalue weighted by molar-refractivity contribution is 5.79. The Labute approximate surface area is 106 Å². The third-order valence-electron chi connectivity index (χ3n) is 2.64. The molecule has 0 fully saturated rings. The normalized spacial score (nSPS) is 10.1. The van der Waals surface area contributed by atoms with E-state index in [0.717, 1.165) is 5.56 Å². The molecule has 1 amide bonds. The topological polar surface area (TPSA) is 83.6 Å². The van der Waals surface area contributed by atoms with Crippen LogP contribution in [0, 0.1) is 0 Å². The average molecular weight is 250 g/mol. The summed E-state index contributed by atoms with van der Waals surface area (Å²) < 4.78 is 0. The van der Waals surface area contributed by atoms with Gasteiger partial charge >= 0.3 is 5.97 Å². The third-order valence-corrected chi connectivity index (χ3v) is 2.64. The van der Waals surface area contributed by atoms with E-state index in [9.17, 15) is 9.59 Å². The van der Waals surface area contributed by atoms with Gasteiger partial charge in [0.2, 0.25) is 5.91 Å². The number of hydrogen-bond acceptors (Lipinski definition) is 3. The third kappa shape index (κ3) is 4.45. The molecule has 1 rings (SSSR count). The number of benzene rings is 1. The van der Waals surface area contributed by atoms with E-state index in [1.807, 2.05) is 13.0 Å². The second-order valence-electron chi connectivity index (χ2n) is 4.04. The van der Waals surface area contributed by atoms with Crippen molar-refractivity contribution >= 4 is 17.6 Å². The van der Waals surface area contributed by atoms with Crippen LogP contribution in [0.3, 0.4) is 0 Å². The standard InChI is InChI=1S/C13H18N2O3/c1-2-15(7-6-13(17)18)12(16)9-10-4-3-5-11(14)8-10/h3-5,8H,2,6-7,9,14H2,1H3,(H,17,18). The number of aliphatic carboxylic acids is 1. The van der Waals surface area contributed by atoms with Gasteiger partial charge in [-0.2, -0.15) is 0 Å². The van der Waals surface area contributed by atoms with Crippen molar-refractivity contribution in [2.75, 3.05) is 18.8 Å². The molecule has 1 aromatic carbocycles. The van der Waals surface area contributed by atoms with E-state index in [4.69, 9.17) is 10.8 Å². The molecule has 0 atom stereocenters. The fourth-order valence-electron chi connectivity index (χ4n) is 1.68. The number of anilines is 1. The predicted octanol–water partition coefficient (Wildman–Crippen LogP) is 1.13. The van der Waals surface area contributed by atoms with Crippen LogP contribution in [0.1, 0.15) is 18.9 Å². The second-order valence-corrected chi connectivity index (χ2v) is 4.04. The van der Waals surface area contributed by atoms with Crippen LogP contribution in [0.2, 0.25) is 0 Å². The van der Waals surface area contributed by atoms with Crippen molar-refractivity contribution in [3.8, 4) is 0 Å². The Morgan fingerprint density at radius 3 is 2.67 bits per heavy atom. The van der Waals surface area contributed by atoms with Gasteiger partial charge in [-0.15, -0.1) is 0 Å². The zero-order valence-electron chi connectivity index (χ0n) is 10.4. The molecule has 0 aliphatic carbocycles. The molecule has 0 unspecified atom stereocenters. The van der Waals surface area contributed by atoms with Gasteiger partial charge in [0.15, 0.2) is 0 Å². The molecule has 98 valence electrons. The number of rotatable bonds is 6. The van der Waals surface area contributed by atoms with Gasteiger partial charge in [-0.3, -0.25) is 9.59 Å². The first-order chi connectivity index (χ1) is 8.52. The number of nitrogen functional groups attached to an aromatic ring is 1. The maximum absolute atomic E-state index is 12.0. The van der Waals surface area contributed by atoms with Crippen LogP contribution < -0.4 is 5.73 Å². The SMILES string of the molecule is CCN(CCC(=O)O)C(=O)Cc1cccc(N)c1. The minimum atomic E-state index is -0.898. The Bertz CT molecular complexity index is 432. The van der Waals surface area contributed by atoms with E-state index < -0.39 is 5.97 Å². The van der Waals surface area contributed by atoms with Crippen LogP contribution >= 0.6 is 0 Å². The smallest absolute Gasteiger partial charge is 0.305 e. The number of amides is 1. The fraction of sp³-hybridized carbons (Fsp3) is 0.385. The van der Waals surface area contributed by atoms with Crippen molar-refractivity contribution in [1.82, 2.24) is 4.90 Å². The Hall–Kier alpha value is -2.04. The van der Waals surface area contributed by atoms with Crippen molar-refractivity contribution in [3.63, 3.8) is 0 Å². The summed E-state index contributed by atoms with van der Waals surface area (Å²) in [6, 6.07) is 7.14. The molecule has 0 aliphatic rings. The highest BCUT2D eigenvalue weighted by Gasteiger charge is 2.13. The van der Waals surface area contributed by atoms with Crippen LogP contribution in [0.15, 0.2) is 24.3 Å². The average Bonchev–Trinajstić information content (AvgIpc) is 2.29. The van der Waals surface area contributed by atoms with Crippen molar-refractivity contribution in [3.05, 3.63) is 29.8 Å². The molecule has 5 heteroatoms. The molecule has 0 radical (unpaired) electrons. The van der Waals surface area contributed by atoms with Crippen LogP contribution in [-0.2, 0) is 16.0 Å². The first-order valence-corrected chi connectivity index (χ1v) is 5.87. The summed E-state index contributed by atoms with van der Waals surface area (Å²) in [5.41, 5.74) is 7.10. The minimum absolute atomic E-state index is 0.0312. The lowest BCUT2D eigenvalue weighted by molar-refractivity contribution is -0.138. The number of carboxylic acid groups (broad SMARTS) is 1. The van der Waals surface area contributed by atoms with Crippen LogP contribution in [0.5, 0.6) is 0 Å². The zero-order chi connectivity index (χ0) is 13.5. The van der Waals surface area contributed by atoms with E-state index in [1.165, 1.54) is 4.90 Å². The van der Waals surface area contributed by atoms with Gasteiger partial charge in [0.05, 0.1) is 12.8 Å². The summed E-state index contributed by atoms with van der Waals surface area (Å²) in [4.78, 5) is 24.0. The van der Waals surface area contributed by atoms with E-state index in [0.29, 0.717) is 12.2 Å². The van der Waals surface area contributed by atoms with E-state index in [-0.39, 0.29) is 25.3 Å². The Kier molecular flexibility index (Phi) is 5.17. The lowest BCUT2D eigenvalue weighted by Gasteiger charge is -2.20. The lowest BCUT2D eigenvalue weighted by atomic mass is 10.1. The van der Waals surface area contributed by atoms with Crippen molar-refractivity contribution in [2.24, 2.45) is 0 Å². The maximum Gasteiger partial charge on any atom is 0.305 e. The van der Waals surface area contributed by atoms with Crippen molar-refractivity contribution in [1.29, 1.82) is 0 Å². The summed E-state index contributed by atoms with van der Waals surface area (Å²) in [5, 5.41) is 8.61. The second kappa shape index (κ2) is 6.64. The first kappa shape index (κ1) is 14.0. The number of carbonyl (C=O) groups excluding carboxylic acids is 1. The number of likely N-dealkylation sites (N-methyl/N-ethyl adjacent to an activating group) is 1. The summed E-state index contributed by atoms with van der Waals surface area (Å²) in [7, 11) is 0. The molecule has 0 bridgehead atoms. The predicted molar refractivity (Wildman–Crippen MR) is 69.1 cm³/mol. The Morgan fingerprint density at radius 1 is 1.39 bits per heavy atom. The van der Waals surface area contributed by atoms with Gasteiger partial charge in [-0.1, -0.05) is 12.1 Å². The van der Waals surface area contributed by atoms with E-state index in [2.05, 4.69) is 0 Å². The summed E-state index contributed by atoms with van der Waals surface area (Å²) in [6.45, 7) is 2.58. The van der Waals surface area contributed by atoms with Gasteiger partial charge in [-0.05, 0) is 24.6 Å². The quantitative estimate of drug-likeness (QED) is 0.741. The van der Waals surface area contributed by atoms with Crippen molar-refractivity contribution in [2.45, 2.75) is 19.8 Å². The number of hydrogen-bond donors (Lipinski definition) is 2. The Morgan fingerprint density at radius 2 is 2.11 bits per heavy atom. The van der Waals surface area contributed by atoms with Crippen molar-refractivity contribution < 1.29 is 14.7 Å². The molecular weight excluding hydrogens is 232 g/mol. The molecule has 0 heterocycles. The van der Waals surface area contributed by atoms with E-state index in [1.54, 1.807) is 18.2 Å². The highest BCUT2D eigenvalue weighted by atomic mass is 16.4. The maximum atomic E-state index is 12.0. The summed E-state index contributed by atoms with van der Waals surface area (Å²) in [5.74, 6) is -0.977. The van der Waals surface area contributed by atoms with Gasteiger partial charge < -0.3 is 15.7 Å². The molecular formula is C13H18N2O3. The highest BCUT2D eigenvalue weighted by Crippen LogP contribution is 2.09. The number of carboxylic acids is 1. The summed E-state index contributed by atoms with van der Waals surface area (Å²) in [6.07, 6.45) is 0.217. The van der Waals surface area contributed by atoms with Crippen LogP contribution in [0.4, 0.5) is 5.69 Å². The Balaban J connectivity index is 2.59. The monoisotopic (exact) mass is 250 g/mol. The molecule has 0 saturated carbocycles. The first-order valence-electron chi connectivity index (χ1n) is 5.87. The van der Waals surface area contributed by atoms with Gasteiger partial charge in [0, 0.05) is 18.8 Å². The minimum Gasteiger partial charge on any atom is -0.481 e. The molecule has 18 heavy (non-hydrogen) atoms. The molecule has 1 aromatic rings. The molecule has 5 nitrogen and oxygen atoms in total. The molecule has 0 aliphatic heterocycles. The number of nitrogens with zero attached hydrogens (tertiary/aromatic N) is 1. The van der Waals surface area contributed by atoms with Gasteiger partial charge in [-0.25, -0.2) is 0 Å². The van der Waals surface area contributed by atoms with Crippen LogP contribution in [-0.4, -0.2) is 35.0 Å². The zero-order valence-corrected chi connectivity index (χ0v) is 10.4. The largest absolute Gasteiger partial charge is 0.481 e. The van der Waals surface area contributed by atoms with E-state index >= 15 is 0 Å². The molecule has 3 N–H and O–H groups in total. The van der Waals surface area contributed by atoms with Crippen LogP contribution in [0.25, 0.3) is 0 Å².